The lowest BCUT2D eigenvalue weighted by atomic mass is 10.1. The summed E-state index contributed by atoms with van der Waals surface area (Å²) in [7, 11) is 1.60. The van der Waals surface area contributed by atoms with Crippen LogP contribution in [-0.2, 0) is 22.4 Å². The number of morpholine rings is 1. The van der Waals surface area contributed by atoms with Crippen molar-refractivity contribution in [1.29, 1.82) is 0 Å². The van der Waals surface area contributed by atoms with Crippen LogP contribution in [0, 0.1) is 0 Å². The molecule has 1 fully saturated rings. The second kappa shape index (κ2) is 11.1. The lowest BCUT2D eigenvalue weighted by Gasteiger charge is -2.26. The van der Waals surface area contributed by atoms with Crippen molar-refractivity contribution in [1.82, 2.24) is 14.8 Å². The molecule has 3 amide bonds. The van der Waals surface area contributed by atoms with E-state index in [4.69, 9.17) is 9.47 Å². The molecule has 1 saturated heterocycles. The van der Waals surface area contributed by atoms with Gasteiger partial charge in [0.15, 0.2) is 0 Å². The van der Waals surface area contributed by atoms with Crippen LogP contribution in [-0.4, -0.2) is 73.3 Å². The van der Waals surface area contributed by atoms with Crippen LogP contribution in [0.3, 0.4) is 0 Å². The van der Waals surface area contributed by atoms with E-state index in [-0.39, 0.29) is 11.9 Å². The van der Waals surface area contributed by atoms with Crippen molar-refractivity contribution in [3.63, 3.8) is 0 Å². The van der Waals surface area contributed by atoms with E-state index in [9.17, 15) is 9.59 Å². The van der Waals surface area contributed by atoms with Crippen molar-refractivity contribution in [3.8, 4) is 0 Å². The molecule has 162 valence electrons. The molecule has 2 aromatic rings. The lowest BCUT2D eigenvalue weighted by molar-refractivity contribution is 0.0299. The molecule has 8 nitrogen and oxygen atoms in total. The van der Waals surface area contributed by atoms with Crippen LogP contribution in [0.25, 0.3) is 0 Å². The molecule has 0 saturated carbocycles. The average Bonchev–Trinajstić information content (AvgIpc) is 3.25. The zero-order valence-corrected chi connectivity index (χ0v) is 18.2. The summed E-state index contributed by atoms with van der Waals surface area (Å²) in [5.74, 6) is -0.0921. The van der Waals surface area contributed by atoms with Gasteiger partial charge in [-0.1, -0.05) is 25.1 Å². The van der Waals surface area contributed by atoms with Crippen molar-refractivity contribution in [2.24, 2.45) is 0 Å². The Morgan fingerprint density at radius 2 is 2.07 bits per heavy atom. The van der Waals surface area contributed by atoms with Gasteiger partial charge >= 0.3 is 6.03 Å². The fourth-order valence-electron chi connectivity index (χ4n) is 3.17. The fraction of sp³-hybridized carbons (Fsp3) is 0.476. The maximum atomic E-state index is 12.9. The number of methoxy groups -OCH3 is 1. The Kier molecular flexibility index (Phi) is 8.18. The van der Waals surface area contributed by atoms with E-state index in [1.165, 1.54) is 11.3 Å². The molecule has 1 aliphatic rings. The third-order valence-corrected chi connectivity index (χ3v) is 5.72. The van der Waals surface area contributed by atoms with Crippen LogP contribution in [0.2, 0.25) is 0 Å². The summed E-state index contributed by atoms with van der Waals surface area (Å²) in [6.07, 6.45) is 0.827. The van der Waals surface area contributed by atoms with E-state index in [0.29, 0.717) is 56.7 Å². The predicted molar refractivity (Wildman–Crippen MR) is 116 cm³/mol. The van der Waals surface area contributed by atoms with Crippen LogP contribution in [0.4, 0.5) is 10.5 Å². The smallest absolute Gasteiger partial charge is 0.322 e. The molecule has 1 aromatic heterocycles. The number of hydrogen-bond donors (Lipinski definition) is 1. The number of urea groups is 1. The van der Waals surface area contributed by atoms with Crippen molar-refractivity contribution in [2.75, 3.05) is 51.9 Å². The highest BCUT2D eigenvalue weighted by Crippen LogP contribution is 2.18. The van der Waals surface area contributed by atoms with E-state index in [2.05, 4.69) is 17.2 Å². The number of ether oxygens (including phenoxy) is 2. The molecule has 9 heteroatoms. The first-order valence-electron chi connectivity index (χ1n) is 10.1. The number of rotatable bonds is 8. The number of thiazole rings is 1. The van der Waals surface area contributed by atoms with Gasteiger partial charge < -0.3 is 24.6 Å². The molecule has 3 rings (SSSR count). The molecule has 0 unspecified atom stereocenters. The molecular formula is C21H28N4O4S. The quantitative estimate of drug-likeness (QED) is 0.693. The first-order chi connectivity index (χ1) is 14.6. The SMILES string of the molecule is CCc1ccccc1NC(=O)N(CCOC)Cc1nc(C(=O)N2CCOCC2)cs1. The molecule has 30 heavy (non-hydrogen) atoms. The Morgan fingerprint density at radius 3 is 2.80 bits per heavy atom. The number of aryl methyl sites for hydroxylation is 1. The number of amides is 3. The van der Waals surface area contributed by atoms with Crippen LogP contribution in [0.15, 0.2) is 29.6 Å². The van der Waals surface area contributed by atoms with Crippen LogP contribution >= 0.6 is 11.3 Å². The molecular weight excluding hydrogens is 404 g/mol. The molecule has 2 heterocycles. The number of benzene rings is 1. The van der Waals surface area contributed by atoms with E-state index in [0.717, 1.165) is 17.7 Å². The fourth-order valence-corrected chi connectivity index (χ4v) is 3.95. The second-order valence-electron chi connectivity index (χ2n) is 6.89. The minimum atomic E-state index is -0.218. The van der Waals surface area contributed by atoms with Gasteiger partial charge in [0.1, 0.15) is 10.7 Å². The van der Waals surface area contributed by atoms with Crippen molar-refractivity contribution in [2.45, 2.75) is 19.9 Å². The van der Waals surface area contributed by atoms with Crippen LogP contribution in [0.5, 0.6) is 0 Å². The maximum Gasteiger partial charge on any atom is 0.322 e. The zero-order chi connectivity index (χ0) is 21.3. The topological polar surface area (TPSA) is 84.0 Å². The largest absolute Gasteiger partial charge is 0.383 e. The normalized spacial score (nSPS) is 13.9. The first kappa shape index (κ1) is 22.2. The van der Waals surface area contributed by atoms with E-state index in [1.54, 1.807) is 22.3 Å². The van der Waals surface area contributed by atoms with Crippen molar-refractivity contribution >= 4 is 29.0 Å². The van der Waals surface area contributed by atoms with Gasteiger partial charge in [-0.25, -0.2) is 9.78 Å². The third-order valence-electron chi connectivity index (χ3n) is 4.89. The van der Waals surface area contributed by atoms with Gasteiger partial charge in [0.2, 0.25) is 0 Å². The highest BCUT2D eigenvalue weighted by Gasteiger charge is 2.22. The Bertz CT molecular complexity index is 851. The summed E-state index contributed by atoms with van der Waals surface area (Å²) in [4.78, 5) is 33.4. The van der Waals surface area contributed by atoms with Gasteiger partial charge in [-0.15, -0.1) is 11.3 Å². The Morgan fingerprint density at radius 1 is 1.30 bits per heavy atom. The summed E-state index contributed by atoms with van der Waals surface area (Å²) < 4.78 is 10.5. The molecule has 0 atom stereocenters. The molecule has 1 N–H and O–H groups in total. The Labute approximate surface area is 180 Å². The lowest BCUT2D eigenvalue weighted by Crippen LogP contribution is -2.40. The van der Waals surface area contributed by atoms with Crippen LogP contribution in [0.1, 0.15) is 28.0 Å². The molecule has 0 aliphatic carbocycles. The summed E-state index contributed by atoms with van der Waals surface area (Å²) in [5, 5.41) is 5.46. The van der Waals surface area contributed by atoms with Gasteiger partial charge in [0.05, 0.1) is 26.4 Å². The van der Waals surface area contributed by atoms with Gasteiger partial charge in [0, 0.05) is 37.8 Å². The number of carbonyl (C=O) groups excluding carboxylic acids is 2. The Hall–Kier alpha value is -2.49. The molecule has 0 radical (unpaired) electrons. The second-order valence-corrected chi connectivity index (χ2v) is 7.83. The molecule has 1 aliphatic heterocycles. The molecule has 1 aromatic carbocycles. The summed E-state index contributed by atoms with van der Waals surface area (Å²) in [5.41, 5.74) is 2.29. The highest BCUT2D eigenvalue weighted by atomic mass is 32.1. The van der Waals surface area contributed by atoms with Gasteiger partial charge in [0.25, 0.3) is 5.91 Å². The minimum absolute atomic E-state index is 0.0921. The number of para-hydroxylation sites is 1. The van der Waals surface area contributed by atoms with Crippen molar-refractivity contribution < 1.29 is 19.1 Å². The van der Waals surface area contributed by atoms with E-state index >= 15 is 0 Å². The number of hydrogen-bond acceptors (Lipinski definition) is 6. The van der Waals surface area contributed by atoms with Crippen LogP contribution < -0.4 is 5.32 Å². The van der Waals surface area contributed by atoms with E-state index in [1.807, 2.05) is 24.3 Å². The van der Waals surface area contributed by atoms with Gasteiger partial charge in [-0.05, 0) is 18.1 Å². The summed E-state index contributed by atoms with van der Waals surface area (Å²) in [6, 6.07) is 7.54. The number of nitrogens with one attached hydrogen (secondary N) is 1. The minimum Gasteiger partial charge on any atom is -0.383 e. The Balaban J connectivity index is 1.67. The van der Waals surface area contributed by atoms with E-state index < -0.39 is 0 Å². The standard InChI is InChI=1S/C21H28N4O4S/c1-3-16-6-4-5-7-17(16)23-21(27)25(8-11-28-2)14-19-22-18(15-30-19)20(26)24-9-12-29-13-10-24/h4-7,15H,3,8-14H2,1-2H3,(H,23,27). The number of anilines is 1. The zero-order valence-electron chi connectivity index (χ0n) is 17.4. The summed E-state index contributed by atoms with van der Waals surface area (Å²) >= 11 is 1.38. The van der Waals surface area contributed by atoms with Gasteiger partial charge in [-0.2, -0.15) is 0 Å². The first-order valence-corrected chi connectivity index (χ1v) is 10.9. The molecule has 0 bridgehead atoms. The predicted octanol–water partition coefficient (Wildman–Crippen LogP) is 2.86. The summed E-state index contributed by atoms with van der Waals surface area (Å²) in [6.45, 7) is 5.44. The molecule has 0 spiro atoms. The number of nitrogens with zero attached hydrogens (tertiary/aromatic N) is 3. The monoisotopic (exact) mass is 432 g/mol. The average molecular weight is 433 g/mol. The maximum absolute atomic E-state index is 12.9. The third kappa shape index (κ3) is 5.78. The number of carbonyl (C=O) groups is 2. The van der Waals surface area contributed by atoms with Crippen molar-refractivity contribution in [3.05, 3.63) is 45.9 Å². The van der Waals surface area contributed by atoms with Gasteiger partial charge in [-0.3, -0.25) is 4.79 Å². The number of aromatic nitrogens is 1. The highest BCUT2D eigenvalue weighted by molar-refractivity contribution is 7.09.